The molecule has 0 spiro atoms. The lowest BCUT2D eigenvalue weighted by Gasteiger charge is -2.17. The van der Waals surface area contributed by atoms with Gasteiger partial charge in [-0.25, -0.2) is 0 Å². The number of nitrogens with two attached hydrogens (primary N) is 1. The third-order valence-electron chi connectivity index (χ3n) is 4.40. The number of aromatic nitrogens is 1. The Hall–Kier alpha value is -3.46. The number of anilines is 1. The van der Waals surface area contributed by atoms with E-state index < -0.39 is 5.56 Å². The number of hydrogen-bond acceptors (Lipinski definition) is 6. The molecule has 3 rings (SSSR count). The summed E-state index contributed by atoms with van der Waals surface area (Å²) in [5.74, 6) is 0.667. The number of aromatic amines is 1. The molecule has 0 radical (unpaired) electrons. The normalized spacial score (nSPS) is 10.2. The molecule has 1 aromatic heterocycles. The predicted molar refractivity (Wildman–Crippen MR) is 121 cm³/mol. The number of hydrogen-bond donors (Lipinski definition) is 2. The molecule has 0 bridgehead atoms. The third kappa shape index (κ3) is 4.51. The van der Waals surface area contributed by atoms with Crippen molar-refractivity contribution in [3.63, 3.8) is 0 Å². The fraction of sp³-hybridized carbons (Fsp3) is 0.136. The molecule has 0 saturated heterocycles. The Morgan fingerprint density at radius 2 is 1.87 bits per heavy atom. The van der Waals surface area contributed by atoms with Crippen LogP contribution in [0.1, 0.15) is 23.6 Å². The fourth-order valence-corrected chi connectivity index (χ4v) is 3.76. The van der Waals surface area contributed by atoms with Crippen LogP contribution in [0, 0.1) is 22.7 Å². The summed E-state index contributed by atoms with van der Waals surface area (Å²) in [5, 5.41) is 19.6. The molecule has 0 saturated carbocycles. The van der Waals surface area contributed by atoms with Gasteiger partial charge in [0, 0.05) is 16.1 Å². The molecule has 0 unspecified atom stereocenters. The van der Waals surface area contributed by atoms with Crippen LogP contribution in [0.4, 0.5) is 5.82 Å². The van der Waals surface area contributed by atoms with Crippen molar-refractivity contribution in [2.24, 2.45) is 0 Å². The zero-order valence-electron chi connectivity index (χ0n) is 16.3. The minimum Gasteiger partial charge on any atom is -0.490 e. The number of ether oxygens (including phenoxy) is 2. The smallest absolute Gasteiger partial charge is 0.268 e. The van der Waals surface area contributed by atoms with E-state index >= 15 is 0 Å². The molecule has 0 aliphatic carbocycles. The molecular formula is C22H16BrClN4O3. The summed E-state index contributed by atoms with van der Waals surface area (Å²) < 4.78 is 12.2. The Morgan fingerprint density at radius 1 is 1.16 bits per heavy atom. The Balaban J connectivity index is 2.14. The van der Waals surface area contributed by atoms with Gasteiger partial charge in [-0.15, -0.1) is 0 Å². The summed E-state index contributed by atoms with van der Waals surface area (Å²) >= 11 is 9.67. The first-order chi connectivity index (χ1) is 14.9. The Kier molecular flexibility index (Phi) is 6.86. The van der Waals surface area contributed by atoms with E-state index in [0.717, 1.165) is 5.56 Å². The maximum absolute atomic E-state index is 12.2. The van der Waals surface area contributed by atoms with Gasteiger partial charge in [0.25, 0.3) is 5.56 Å². The number of halogens is 2. The molecule has 0 fully saturated rings. The first-order valence-corrected chi connectivity index (χ1v) is 10.3. The molecule has 0 atom stereocenters. The lowest BCUT2D eigenvalue weighted by Crippen LogP contribution is -2.16. The zero-order chi connectivity index (χ0) is 22.5. The molecule has 0 amide bonds. The van der Waals surface area contributed by atoms with E-state index in [-0.39, 0.29) is 29.1 Å². The summed E-state index contributed by atoms with van der Waals surface area (Å²) in [5.41, 5.74) is 6.25. The highest BCUT2D eigenvalue weighted by molar-refractivity contribution is 9.10. The first kappa shape index (κ1) is 22.2. The summed E-state index contributed by atoms with van der Waals surface area (Å²) in [6, 6.07) is 14.4. The predicted octanol–water partition coefficient (Wildman–Crippen LogP) is 4.76. The van der Waals surface area contributed by atoms with Crippen LogP contribution in [0.5, 0.6) is 11.5 Å². The van der Waals surface area contributed by atoms with Crippen LogP contribution in [-0.4, -0.2) is 11.6 Å². The van der Waals surface area contributed by atoms with E-state index in [9.17, 15) is 15.3 Å². The van der Waals surface area contributed by atoms with E-state index in [2.05, 4.69) is 20.9 Å². The van der Waals surface area contributed by atoms with Crippen molar-refractivity contribution in [2.75, 3.05) is 12.3 Å². The Bertz CT molecular complexity index is 1290. The van der Waals surface area contributed by atoms with Crippen molar-refractivity contribution < 1.29 is 9.47 Å². The van der Waals surface area contributed by atoms with Crippen molar-refractivity contribution >= 4 is 33.3 Å². The van der Waals surface area contributed by atoms with Crippen molar-refractivity contribution in [1.82, 2.24) is 4.98 Å². The Labute approximate surface area is 191 Å². The van der Waals surface area contributed by atoms with Gasteiger partial charge >= 0.3 is 0 Å². The number of rotatable bonds is 6. The number of nitrogens with zero attached hydrogens (tertiary/aromatic N) is 2. The second kappa shape index (κ2) is 9.57. The second-order valence-corrected chi connectivity index (χ2v) is 7.58. The van der Waals surface area contributed by atoms with Gasteiger partial charge in [0.1, 0.15) is 35.7 Å². The van der Waals surface area contributed by atoms with Crippen LogP contribution in [-0.2, 0) is 6.61 Å². The van der Waals surface area contributed by atoms with Gasteiger partial charge in [-0.2, -0.15) is 10.5 Å². The van der Waals surface area contributed by atoms with Gasteiger partial charge in [-0.1, -0.05) is 29.8 Å². The summed E-state index contributed by atoms with van der Waals surface area (Å²) in [4.78, 5) is 14.6. The van der Waals surface area contributed by atoms with Crippen molar-refractivity contribution in [3.05, 3.63) is 72.9 Å². The van der Waals surface area contributed by atoms with Crippen molar-refractivity contribution in [3.8, 4) is 34.8 Å². The zero-order valence-corrected chi connectivity index (χ0v) is 18.7. The first-order valence-electron chi connectivity index (χ1n) is 9.10. The van der Waals surface area contributed by atoms with E-state index in [4.69, 9.17) is 26.8 Å². The molecule has 31 heavy (non-hydrogen) atoms. The molecule has 1 heterocycles. The molecule has 3 N–H and O–H groups in total. The lowest BCUT2D eigenvalue weighted by atomic mass is 9.96. The van der Waals surface area contributed by atoms with Crippen LogP contribution < -0.4 is 20.8 Å². The number of pyridine rings is 1. The molecule has 0 aliphatic rings. The number of nitrogens with one attached hydrogen (secondary N) is 1. The van der Waals surface area contributed by atoms with Gasteiger partial charge in [0.05, 0.1) is 11.1 Å². The SMILES string of the molecule is CCOc1cc(-c2c(C#N)c(N)[nH]c(=O)c2C#N)cc(Br)c1OCc1ccccc1Cl. The minimum absolute atomic E-state index is 0.00441. The van der Waals surface area contributed by atoms with Gasteiger partial charge in [0.15, 0.2) is 11.5 Å². The molecule has 7 nitrogen and oxygen atoms in total. The summed E-state index contributed by atoms with van der Waals surface area (Å²) in [6.07, 6.45) is 0. The average molecular weight is 500 g/mol. The molecule has 3 aromatic rings. The minimum atomic E-state index is -0.679. The van der Waals surface area contributed by atoms with E-state index in [0.29, 0.717) is 33.2 Å². The van der Waals surface area contributed by atoms with Crippen LogP contribution in [0.2, 0.25) is 5.02 Å². The van der Waals surface area contributed by atoms with Crippen LogP contribution >= 0.6 is 27.5 Å². The van der Waals surface area contributed by atoms with E-state index in [1.165, 1.54) is 0 Å². The topological polar surface area (TPSA) is 125 Å². The number of H-pyrrole nitrogens is 1. The number of nitriles is 2. The largest absolute Gasteiger partial charge is 0.490 e. The van der Waals surface area contributed by atoms with E-state index in [1.54, 1.807) is 18.2 Å². The van der Waals surface area contributed by atoms with Gasteiger partial charge in [-0.3, -0.25) is 4.79 Å². The summed E-state index contributed by atoms with van der Waals surface area (Å²) in [6.45, 7) is 2.35. The Morgan fingerprint density at radius 3 is 2.52 bits per heavy atom. The van der Waals surface area contributed by atoms with Crippen LogP contribution in [0.3, 0.4) is 0 Å². The van der Waals surface area contributed by atoms with Gasteiger partial charge in [-0.05, 0) is 46.6 Å². The molecule has 156 valence electrons. The van der Waals surface area contributed by atoms with Crippen molar-refractivity contribution in [2.45, 2.75) is 13.5 Å². The van der Waals surface area contributed by atoms with Crippen LogP contribution in [0.15, 0.2) is 45.7 Å². The summed E-state index contributed by atoms with van der Waals surface area (Å²) in [7, 11) is 0. The van der Waals surface area contributed by atoms with Gasteiger partial charge < -0.3 is 20.2 Å². The lowest BCUT2D eigenvalue weighted by molar-refractivity contribution is 0.268. The fourth-order valence-electron chi connectivity index (χ4n) is 3.01. The third-order valence-corrected chi connectivity index (χ3v) is 5.35. The highest BCUT2D eigenvalue weighted by Crippen LogP contribution is 2.42. The highest BCUT2D eigenvalue weighted by atomic mass is 79.9. The van der Waals surface area contributed by atoms with Gasteiger partial charge in [0.2, 0.25) is 0 Å². The monoisotopic (exact) mass is 498 g/mol. The highest BCUT2D eigenvalue weighted by Gasteiger charge is 2.21. The van der Waals surface area contributed by atoms with Crippen LogP contribution in [0.25, 0.3) is 11.1 Å². The number of nitrogen functional groups attached to an aromatic ring is 1. The molecule has 9 heteroatoms. The maximum Gasteiger partial charge on any atom is 0.268 e. The average Bonchev–Trinajstić information content (AvgIpc) is 2.74. The molecule has 0 aliphatic heterocycles. The van der Waals surface area contributed by atoms with E-state index in [1.807, 2.05) is 37.3 Å². The maximum atomic E-state index is 12.2. The standard InChI is InChI=1S/C22H16BrClN4O3/c1-2-30-18-8-13(19-14(9-25)21(27)28-22(29)15(19)10-26)7-16(23)20(18)31-11-12-5-3-4-6-17(12)24/h3-8H,2,11H2,1H3,(H3,27,28,29). The molecular weight excluding hydrogens is 484 g/mol. The number of benzene rings is 2. The second-order valence-electron chi connectivity index (χ2n) is 6.31. The quantitative estimate of drug-likeness (QED) is 0.504. The molecule has 2 aromatic carbocycles. The van der Waals surface area contributed by atoms with Crippen molar-refractivity contribution in [1.29, 1.82) is 10.5 Å².